The van der Waals surface area contributed by atoms with Crippen molar-refractivity contribution in [2.24, 2.45) is 0 Å². The number of hydrogen-bond acceptors (Lipinski definition) is 5. The van der Waals surface area contributed by atoms with Crippen LogP contribution < -0.4 is 10.6 Å². The molecule has 6 heteroatoms. The molecular weight excluding hydrogens is 290 g/mol. The van der Waals surface area contributed by atoms with Crippen LogP contribution in [-0.2, 0) is 17.6 Å². The third kappa shape index (κ3) is 2.76. The van der Waals surface area contributed by atoms with Gasteiger partial charge in [0.2, 0.25) is 5.91 Å². The van der Waals surface area contributed by atoms with E-state index in [1.54, 1.807) is 12.4 Å². The van der Waals surface area contributed by atoms with Crippen molar-refractivity contribution in [3.8, 4) is 11.4 Å². The van der Waals surface area contributed by atoms with Crippen LogP contribution in [-0.4, -0.2) is 33.4 Å². The van der Waals surface area contributed by atoms with E-state index in [2.05, 4.69) is 15.6 Å². The highest BCUT2D eigenvalue weighted by Gasteiger charge is 2.26. The molecule has 3 heterocycles. The van der Waals surface area contributed by atoms with Gasteiger partial charge in [-0.15, -0.1) is 0 Å². The molecule has 0 bridgehead atoms. The molecule has 6 nitrogen and oxygen atoms in total. The molecule has 4 rings (SSSR count). The van der Waals surface area contributed by atoms with Gasteiger partial charge in [-0.05, 0) is 44.2 Å². The van der Waals surface area contributed by atoms with E-state index in [-0.39, 0.29) is 11.9 Å². The lowest BCUT2D eigenvalue weighted by atomic mass is 10.1. The molecule has 1 unspecified atom stereocenters. The molecule has 1 aliphatic heterocycles. The monoisotopic (exact) mass is 309 g/mol. The van der Waals surface area contributed by atoms with E-state index in [1.807, 2.05) is 12.1 Å². The predicted molar refractivity (Wildman–Crippen MR) is 86.9 cm³/mol. The first-order valence-electron chi connectivity index (χ1n) is 8.16. The molecule has 0 radical (unpaired) electrons. The van der Waals surface area contributed by atoms with Gasteiger partial charge >= 0.3 is 0 Å². The first kappa shape index (κ1) is 14.1. The van der Waals surface area contributed by atoms with E-state index < -0.39 is 0 Å². The summed E-state index contributed by atoms with van der Waals surface area (Å²) >= 11 is 0. The van der Waals surface area contributed by atoms with Crippen LogP contribution in [0.4, 0.5) is 5.82 Å². The fraction of sp³-hybridized carbons (Fsp3) is 0.412. The first-order chi connectivity index (χ1) is 11.3. The standard InChI is InChI=1S/C17H19N5O/c23-17-14(5-2-8-19-17)21-16-12-3-1-4-13(12)20-15(22-16)11-6-9-18-10-7-11/h6-7,9-10,14H,1-5,8H2,(H,19,23)(H,20,21,22). The molecular formula is C17H19N5O. The summed E-state index contributed by atoms with van der Waals surface area (Å²) in [6.07, 6.45) is 8.36. The van der Waals surface area contributed by atoms with Gasteiger partial charge in [0.15, 0.2) is 5.82 Å². The largest absolute Gasteiger partial charge is 0.358 e. The molecule has 1 atom stereocenters. The number of rotatable bonds is 3. The van der Waals surface area contributed by atoms with Gasteiger partial charge in [-0.1, -0.05) is 0 Å². The van der Waals surface area contributed by atoms with Crippen LogP contribution in [0.3, 0.4) is 0 Å². The maximum atomic E-state index is 12.0. The van der Waals surface area contributed by atoms with E-state index >= 15 is 0 Å². The van der Waals surface area contributed by atoms with Gasteiger partial charge in [-0.2, -0.15) is 0 Å². The summed E-state index contributed by atoms with van der Waals surface area (Å²) in [4.78, 5) is 25.5. The Labute approximate surface area is 134 Å². The number of amides is 1. The summed E-state index contributed by atoms with van der Waals surface area (Å²) in [7, 11) is 0. The second-order valence-corrected chi connectivity index (χ2v) is 6.04. The van der Waals surface area contributed by atoms with Crippen LogP contribution in [0.25, 0.3) is 11.4 Å². The fourth-order valence-corrected chi connectivity index (χ4v) is 3.26. The van der Waals surface area contributed by atoms with Crippen molar-refractivity contribution >= 4 is 11.7 Å². The molecule has 2 aliphatic rings. The first-order valence-corrected chi connectivity index (χ1v) is 8.16. The molecule has 0 saturated carbocycles. The van der Waals surface area contributed by atoms with Crippen molar-refractivity contribution < 1.29 is 4.79 Å². The number of piperidine rings is 1. The average Bonchev–Trinajstić information content (AvgIpc) is 3.06. The van der Waals surface area contributed by atoms with Gasteiger partial charge in [0.05, 0.1) is 0 Å². The highest BCUT2D eigenvalue weighted by atomic mass is 16.2. The third-order valence-corrected chi connectivity index (χ3v) is 4.47. The Kier molecular flexibility index (Phi) is 3.65. The van der Waals surface area contributed by atoms with Crippen molar-refractivity contribution in [2.45, 2.75) is 38.1 Å². The topological polar surface area (TPSA) is 79.8 Å². The van der Waals surface area contributed by atoms with Gasteiger partial charge in [-0.25, -0.2) is 9.97 Å². The Morgan fingerprint density at radius 2 is 2.00 bits per heavy atom. The van der Waals surface area contributed by atoms with Crippen LogP contribution in [0.2, 0.25) is 0 Å². The Morgan fingerprint density at radius 3 is 2.83 bits per heavy atom. The lowest BCUT2D eigenvalue weighted by Crippen LogP contribution is -2.44. The zero-order chi connectivity index (χ0) is 15.6. The summed E-state index contributed by atoms with van der Waals surface area (Å²) in [5, 5.41) is 6.28. The molecule has 0 spiro atoms. The number of nitrogens with one attached hydrogen (secondary N) is 2. The van der Waals surface area contributed by atoms with Crippen LogP contribution >= 0.6 is 0 Å². The van der Waals surface area contributed by atoms with Crippen molar-refractivity contribution in [3.05, 3.63) is 35.8 Å². The smallest absolute Gasteiger partial charge is 0.242 e. The van der Waals surface area contributed by atoms with Crippen LogP contribution in [0.15, 0.2) is 24.5 Å². The molecule has 0 aromatic carbocycles. The summed E-state index contributed by atoms with van der Waals surface area (Å²) in [6, 6.07) is 3.62. The van der Waals surface area contributed by atoms with Gasteiger partial charge in [-0.3, -0.25) is 9.78 Å². The van der Waals surface area contributed by atoms with Crippen molar-refractivity contribution in [2.75, 3.05) is 11.9 Å². The third-order valence-electron chi connectivity index (χ3n) is 4.47. The fourth-order valence-electron chi connectivity index (χ4n) is 3.26. The summed E-state index contributed by atoms with van der Waals surface area (Å²) in [6.45, 7) is 0.765. The molecule has 2 aromatic heterocycles. The minimum atomic E-state index is -0.200. The molecule has 1 aliphatic carbocycles. The number of aromatic nitrogens is 3. The Hall–Kier alpha value is -2.50. The minimum absolute atomic E-state index is 0.0621. The molecule has 23 heavy (non-hydrogen) atoms. The lowest BCUT2D eigenvalue weighted by molar-refractivity contribution is -0.123. The highest BCUT2D eigenvalue weighted by molar-refractivity contribution is 5.85. The number of hydrogen-bond donors (Lipinski definition) is 2. The van der Waals surface area contributed by atoms with Gasteiger partial charge in [0.1, 0.15) is 11.9 Å². The Balaban J connectivity index is 1.70. The van der Waals surface area contributed by atoms with Gasteiger partial charge in [0, 0.05) is 35.8 Å². The number of fused-ring (bicyclic) bond motifs is 1. The highest BCUT2D eigenvalue weighted by Crippen LogP contribution is 2.30. The zero-order valence-electron chi connectivity index (χ0n) is 12.9. The number of carbonyl (C=O) groups is 1. The predicted octanol–water partition coefficient (Wildman–Crippen LogP) is 1.72. The Bertz CT molecular complexity index is 731. The second-order valence-electron chi connectivity index (χ2n) is 6.04. The minimum Gasteiger partial charge on any atom is -0.358 e. The van der Waals surface area contributed by atoms with E-state index in [0.717, 1.165) is 55.7 Å². The number of aryl methyl sites for hydroxylation is 1. The van der Waals surface area contributed by atoms with Crippen LogP contribution in [0.5, 0.6) is 0 Å². The van der Waals surface area contributed by atoms with Gasteiger partial charge < -0.3 is 10.6 Å². The molecule has 1 fully saturated rings. The molecule has 118 valence electrons. The molecule has 2 N–H and O–H groups in total. The normalized spacial score (nSPS) is 20.0. The van der Waals surface area contributed by atoms with Crippen molar-refractivity contribution in [1.82, 2.24) is 20.3 Å². The summed E-state index contributed by atoms with van der Waals surface area (Å²) in [5.74, 6) is 1.58. The van der Waals surface area contributed by atoms with E-state index in [0.29, 0.717) is 5.82 Å². The van der Waals surface area contributed by atoms with E-state index in [1.165, 1.54) is 5.56 Å². The van der Waals surface area contributed by atoms with Crippen LogP contribution in [0, 0.1) is 0 Å². The van der Waals surface area contributed by atoms with Crippen molar-refractivity contribution in [1.29, 1.82) is 0 Å². The quantitative estimate of drug-likeness (QED) is 0.902. The molecule has 1 saturated heterocycles. The maximum Gasteiger partial charge on any atom is 0.242 e. The number of pyridine rings is 1. The number of carbonyl (C=O) groups excluding carboxylic acids is 1. The van der Waals surface area contributed by atoms with E-state index in [4.69, 9.17) is 9.97 Å². The number of anilines is 1. The maximum absolute atomic E-state index is 12.0. The SMILES string of the molecule is O=C1NCCCC1Nc1nc(-c2ccncc2)nc2c1CCC2. The summed E-state index contributed by atoms with van der Waals surface area (Å²) < 4.78 is 0. The second kappa shape index (κ2) is 5.95. The molecule has 1 amide bonds. The summed E-state index contributed by atoms with van der Waals surface area (Å²) in [5.41, 5.74) is 3.22. The zero-order valence-corrected chi connectivity index (χ0v) is 12.9. The van der Waals surface area contributed by atoms with E-state index in [9.17, 15) is 4.79 Å². The lowest BCUT2D eigenvalue weighted by Gasteiger charge is -2.24. The molecule has 2 aromatic rings. The van der Waals surface area contributed by atoms with Gasteiger partial charge in [0.25, 0.3) is 0 Å². The number of nitrogens with zero attached hydrogens (tertiary/aromatic N) is 3. The Morgan fingerprint density at radius 1 is 1.13 bits per heavy atom. The van der Waals surface area contributed by atoms with Crippen LogP contribution in [0.1, 0.15) is 30.5 Å². The average molecular weight is 309 g/mol. The van der Waals surface area contributed by atoms with Crippen molar-refractivity contribution in [3.63, 3.8) is 0 Å².